The Labute approximate surface area is 223 Å². The Morgan fingerprint density at radius 2 is 2.00 bits per heavy atom. The number of halogens is 2. The Morgan fingerprint density at radius 3 is 2.81 bits per heavy atom. The predicted molar refractivity (Wildman–Crippen MR) is 147 cm³/mol. The molecule has 1 aliphatic carbocycles. The SMILES string of the molecule is COc1cc(C=c2sc3n(c2=O)[C@H](c2cccc(F)c2)C2=C(N=3)c3ccccc3CC2)cc(I)c1O. The van der Waals surface area contributed by atoms with Gasteiger partial charge in [0.05, 0.1) is 27.0 Å². The first kappa shape index (κ1) is 23.2. The smallest absolute Gasteiger partial charge is 0.271 e. The van der Waals surface area contributed by atoms with E-state index in [-0.39, 0.29) is 17.1 Å². The summed E-state index contributed by atoms with van der Waals surface area (Å²) >= 11 is 3.34. The molecule has 2 heterocycles. The van der Waals surface area contributed by atoms with Crippen LogP contribution in [0, 0.1) is 9.39 Å². The minimum atomic E-state index is -0.433. The van der Waals surface area contributed by atoms with Gasteiger partial charge < -0.3 is 9.84 Å². The van der Waals surface area contributed by atoms with Gasteiger partial charge in [-0.05, 0) is 88.0 Å². The van der Waals surface area contributed by atoms with Gasteiger partial charge in [-0.15, -0.1) is 0 Å². The molecule has 1 aliphatic heterocycles. The molecule has 2 aliphatic rings. The second kappa shape index (κ2) is 9.01. The zero-order valence-corrected chi connectivity index (χ0v) is 22.1. The van der Waals surface area contributed by atoms with Crippen LogP contribution in [0.3, 0.4) is 0 Å². The molecule has 180 valence electrons. The van der Waals surface area contributed by atoms with Crippen molar-refractivity contribution in [1.29, 1.82) is 0 Å². The highest BCUT2D eigenvalue weighted by Gasteiger charge is 2.32. The molecular weight excluding hydrogens is 590 g/mol. The van der Waals surface area contributed by atoms with Crippen molar-refractivity contribution in [3.05, 3.63) is 118 Å². The molecule has 0 saturated carbocycles. The zero-order valence-electron chi connectivity index (χ0n) is 19.2. The first-order chi connectivity index (χ1) is 17.4. The fourth-order valence-corrected chi connectivity index (χ4v) is 6.61. The Morgan fingerprint density at radius 1 is 1.17 bits per heavy atom. The maximum Gasteiger partial charge on any atom is 0.271 e. The Kier molecular flexibility index (Phi) is 5.80. The number of allylic oxidation sites excluding steroid dienone is 1. The van der Waals surface area contributed by atoms with E-state index in [4.69, 9.17) is 9.73 Å². The summed E-state index contributed by atoms with van der Waals surface area (Å²) in [5, 5.41) is 10.2. The number of fused-ring (bicyclic) bond motifs is 3. The lowest BCUT2D eigenvalue weighted by Gasteiger charge is -2.30. The van der Waals surface area contributed by atoms with Crippen molar-refractivity contribution in [2.45, 2.75) is 18.9 Å². The van der Waals surface area contributed by atoms with E-state index in [1.807, 2.05) is 40.8 Å². The molecule has 0 radical (unpaired) electrons. The normalized spacial score (nSPS) is 16.8. The van der Waals surface area contributed by atoms with E-state index in [1.54, 1.807) is 28.8 Å². The van der Waals surface area contributed by atoms with Crippen LogP contribution in [0.4, 0.5) is 4.39 Å². The molecular formula is C28H20FIN2O3S. The number of hydrogen-bond acceptors (Lipinski definition) is 5. The van der Waals surface area contributed by atoms with Gasteiger partial charge in [0.2, 0.25) is 0 Å². The lowest BCUT2D eigenvalue weighted by atomic mass is 9.83. The summed E-state index contributed by atoms with van der Waals surface area (Å²) < 4.78 is 22.4. The van der Waals surface area contributed by atoms with Crippen LogP contribution < -0.4 is 19.6 Å². The fraction of sp³-hybridized carbons (Fsp3) is 0.143. The molecule has 0 bridgehead atoms. The van der Waals surface area contributed by atoms with Crippen molar-refractivity contribution < 1.29 is 14.2 Å². The Hall–Kier alpha value is -3.24. The molecule has 0 saturated heterocycles. The van der Waals surface area contributed by atoms with Gasteiger partial charge in [-0.1, -0.05) is 47.7 Å². The minimum absolute atomic E-state index is 0.0640. The van der Waals surface area contributed by atoms with E-state index < -0.39 is 6.04 Å². The van der Waals surface area contributed by atoms with Gasteiger partial charge >= 0.3 is 0 Å². The largest absolute Gasteiger partial charge is 0.504 e. The number of phenols is 1. The van der Waals surface area contributed by atoms with Crippen molar-refractivity contribution in [2.24, 2.45) is 4.99 Å². The van der Waals surface area contributed by atoms with Crippen LogP contribution in [-0.4, -0.2) is 16.8 Å². The molecule has 5 nitrogen and oxygen atoms in total. The number of aryl methyl sites for hydroxylation is 1. The number of benzene rings is 3. The predicted octanol–water partition coefficient (Wildman–Crippen LogP) is 4.78. The Bertz CT molecular complexity index is 1760. The van der Waals surface area contributed by atoms with E-state index >= 15 is 0 Å². The number of rotatable bonds is 3. The zero-order chi connectivity index (χ0) is 25.0. The molecule has 4 aromatic rings. The number of phenolic OH excluding ortho intramolecular Hbond substituents is 1. The third-order valence-electron chi connectivity index (χ3n) is 6.61. The highest BCUT2D eigenvalue weighted by Crippen LogP contribution is 2.41. The number of aromatic hydroxyl groups is 1. The first-order valence-corrected chi connectivity index (χ1v) is 13.3. The molecule has 0 spiro atoms. The van der Waals surface area contributed by atoms with Crippen LogP contribution in [0.2, 0.25) is 0 Å². The van der Waals surface area contributed by atoms with Gasteiger partial charge in [-0.25, -0.2) is 9.38 Å². The van der Waals surface area contributed by atoms with Crippen LogP contribution in [0.5, 0.6) is 11.5 Å². The second-order valence-electron chi connectivity index (χ2n) is 8.72. The van der Waals surface area contributed by atoms with Crippen LogP contribution in [0.1, 0.15) is 34.7 Å². The van der Waals surface area contributed by atoms with E-state index in [0.717, 1.165) is 40.8 Å². The molecule has 3 aromatic carbocycles. The van der Waals surface area contributed by atoms with Gasteiger partial charge in [0.25, 0.3) is 5.56 Å². The summed E-state index contributed by atoms with van der Waals surface area (Å²) in [5.74, 6) is 0.0653. The summed E-state index contributed by atoms with van der Waals surface area (Å²) in [6.45, 7) is 0. The molecule has 6 rings (SSSR count). The highest BCUT2D eigenvalue weighted by atomic mass is 127. The van der Waals surface area contributed by atoms with E-state index in [1.165, 1.54) is 36.1 Å². The van der Waals surface area contributed by atoms with Crippen molar-refractivity contribution >= 4 is 45.7 Å². The minimum Gasteiger partial charge on any atom is -0.504 e. The number of methoxy groups -OCH3 is 1. The van der Waals surface area contributed by atoms with Crippen LogP contribution in [0.15, 0.2) is 76.0 Å². The molecule has 0 amide bonds. The second-order valence-corrected chi connectivity index (χ2v) is 10.9. The summed E-state index contributed by atoms with van der Waals surface area (Å²) in [6, 6.07) is 17.7. The standard InChI is InChI=1S/C28H20FIN2O3S/c1-35-22-12-15(11-21(30)26(22)33)13-23-27(34)32-25(17-6-4-7-18(29)14-17)20-10-9-16-5-2-3-8-19(16)24(20)31-28(32)36-23/h2-8,11-14,25,33H,9-10H2,1H3/t25-/m1/s1. The summed E-state index contributed by atoms with van der Waals surface area (Å²) in [7, 11) is 1.49. The quantitative estimate of drug-likeness (QED) is 0.340. The maximum absolute atomic E-state index is 14.3. The lowest BCUT2D eigenvalue weighted by Crippen LogP contribution is -2.38. The molecule has 0 fully saturated rings. The molecule has 1 N–H and O–H groups in total. The monoisotopic (exact) mass is 610 g/mol. The van der Waals surface area contributed by atoms with E-state index in [9.17, 15) is 14.3 Å². The van der Waals surface area contributed by atoms with Crippen LogP contribution in [-0.2, 0) is 6.42 Å². The first-order valence-electron chi connectivity index (χ1n) is 11.4. The third-order valence-corrected chi connectivity index (χ3v) is 8.41. The number of thiazole rings is 1. The molecule has 1 aromatic heterocycles. The number of aromatic nitrogens is 1. The van der Waals surface area contributed by atoms with Gasteiger partial charge in [0.1, 0.15) is 5.82 Å². The molecule has 1 atom stereocenters. The summed E-state index contributed by atoms with van der Waals surface area (Å²) in [4.78, 5) is 19.4. The highest BCUT2D eigenvalue weighted by molar-refractivity contribution is 14.1. The van der Waals surface area contributed by atoms with E-state index in [2.05, 4.69) is 12.1 Å². The van der Waals surface area contributed by atoms with Crippen molar-refractivity contribution in [2.75, 3.05) is 7.11 Å². The topological polar surface area (TPSA) is 63.8 Å². The summed E-state index contributed by atoms with van der Waals surface area (Å²) in [6.07, 6.45) is 3.37. The van der Waals surface area contributed by atoms with Gasteiger partial charge in [-0.3, -0.25) is 9.36 Å². The van der Waals surface area contributed by atoms with Gasteiger partial charge in [0.15, 0.2) is 16.3 Å². The average Bonchev–Trinajstić information content (AvgIpc) is 3.19. The van der Waals surface area contributed by atoms with Crippen LogP contribution in [0.25, 0.3) is 11.8 Å². The third kappa shape index (κ3) is 3.79. The number of nitrogens with zero attached hydrogens (tertiary/aromatic N) is 2. The van der Waals surface area contributed by atoms with Crippen LogP contribution >= 0.6 is 33.9 Å². The Balaban J connectivity index is 1.61. The number of ether oxygens (including phenoxy) is 1. The maximum atomic E-state index is 14.3. The number of hydrogen-bond donors (Lipinski definition) is 1. The van der Waals surface area contributed by atoms with Crippen molar-refractivity contribution in [3.8, 4) is 11.5 Å². The lowest BCUT2D eigenvalue weighted by molar-refractivity contribution is 0.371. The van der Waals surface area contributed by atoms with Crippen molar-refractivity contribution in [3.63, 3.8) is 0 Å². The van der Waals surface area contributed by atoms with Crippen molar-refractivity contribution in [1.82, 2.24) is 4.57 Å². The average molecular weight is 610 g/mol. The summed E-state index contributed by atoms with van der Waals surface area (Å²) in [5.41, 5.74) is 5.47. The van der Waals surface area contributed by atoms with Gasteiger partial charge in [-0.2, -0.15) is 0 Å². The molecule has 36 heavy (non-hydrogen) atoms. The molecule has 0 unspecified atom stereocenters. The fourth-order valence-electron chi connectivity index (χ4n) is 4.98. The molecule has 8 heteroatoms. The van der Waals surface area contributed by atoms with E-state index in [0.29, 0.717) is 18.7 Å². The van der Waals surface area contributed by atoms with Gasteiger partial charge in [0, 0.05) is 5.56 Å².